The molecule has 17 heavy (non-hydrogen) atoms. The zero-order valence-corrected chi connectivity index (χ0v) is 11.2. The quantitative estimate of drug-likeness (QED) is 0.759. The van der Waals surface area contributed by atoms with Crippen LogP contribution in [0.2, 0.25) is 0 Å². The average molecular weight is 235 g/mol. The molecule has 0 saturated heterocycles. The largest absolute Gasteiger partial charge is 0.508 e. The molecule has 2 N–H and O–H groups in total. The van der Waals surface area contributed by atoms with E-state index < -0.39 is 0 Å². The molecule has 1 aromatic carbocycles. The molecule has 1 rings (SSSR count). The number of hydrogen-bond donors (Lipinski definition) is 2. The molecular weight excluding hydrogens is 210 g/mol. The van der Waals surface area contributed by atoms with E-state index in [-0.39, 0.29) is 0 Å². The van der Waals surface area contributed by atoms with Crippen molar-refractivity contribution in [1.82, 2.24) is 5.32 Å². The SMILES string of the molecule is CCNC(CCC(C)C)Cc1cccc(O)c1. The molecule has 0 bridgehead atoms. The molecule has 2 heteroatoms. The topological polar surface area (TPSA) is 32.3 Å². The molecule has 0 aliphatic carbocycles. The highest BCUT2D eigenvalue weighted by Crippen LogP contribution is 2.15. The van der Waals surface area contributed by atoms with E-state index in [1.807, 2.05) is 12.1 Å². The number of likely N-dealkylation sites (N-methyl/N-ethyl adjacent to an activating group) is 1. The van der Waals surface area contributed by atoms with E-state index in [9.17, 15) is 5.11 Å². The number of rotatable bonds is 7. The number of hydrogen-bond acceptors (Lipinski definition) is 2. The summed E-state index contributed by atoms with van der Waals surface area (Å²) in [6.45, 7) is 7.67. The number of benzene rings is 1. The Morgan fingerprint density at radius 2 is 2.00 bits per heavy atom. The molecule has 1 atom stereocenters. The lowest BCUT2D eigenvalue weighted by molar-refractivity contribution is 0.433. The lowest BCUT2D eigenvalue weighted by Gasteiger charge is -2.19. The normalized spacial score (nSPS) is 12.9. The van der Waals surface area contributed by atoms with Crippen LogP contribution in [-0.4, -0.2) is 17.7 Å². The van der Waals surface area contributed by atoms with Crippen LogP contribution in [0.25, 0.3) is 0 Å². The van der Waals surface area contributed by atoms with Gasteiger partial charge in [-0.15, -0.1) is 0 Å². The first-order valence-electron chi connectivity index (χ1n) is 6.63. The first-order chi connectivity index (χ1) is 8.11. The third-order valence-corrected chi connectivity index (χ3v) is 2.98. The molecule has 0 aliphatic heterocycles. The second-order valence-electron chi connectivity index (χ2n) is 5.10. The number of phenols is 1. The van der Waals surface area contributed by atoms with Crippen molar-refractivity contribution in [2.45, 2.75) is 46.1 Å². The summed E-state index contributed by atoms with van der Waals surface area (Å²) in [6, 6.07) is 8.10. The molecule has 96 valence electrons. The van der Waals surface area contributed by atoms with Gasteiger partial charge in [-0.2, -0.15) is 0 Å². The van der Waals surface area contributed by atoms with Crippen molar-refractivity contribution in [1.29, 1.82) is 0 Å². The lowest BCUT2D eigenvalue weighted by atomic mass is 9.97. The molecule has 1 aromatic rings. The fourth-order valence-corrected chi connectivity index (χ4v) is 2.07. The second kappa shape index (κ2) is 7.33. The highest BCUT2D eigenvalue weighted by Gasteiger charge is 2.09. The van der Waals surface area contributed by atoms with Gasteiger partial charge in [-0.1, -0.05) is 32.9 Å². The van der Waals surface area contributed by atoms with Crippen LogP contribution in [0.3, 0.4) is 0 Å². The van der Waals surface area contributed by atoms with Gasteiger partial charge in [0.2, 0.25) is 0 Å². The Balaban J connectivity index is 2.53. The van der Waals surface area contributed by atoms with Gasteiger partial charge in [-0.05, 0) is 49.4 Å². The summed E-state index contributed by atoms with van der Waals surface area (Å²) in [7, 11) is 0. The molecule has 0 heterocycles. The Bertz CT molecular complexity index is 322. The van der Waals surface area contributed by atoms with Gasteiger partial charge < -0.3 is 10.4 Å². The van der Waals surface area contributed by atoms with E-state index in [4.69, 9.17) is 0 Å². The minimum Gasteiger partial charge on any atom is -0.508 e. The first kappa shape index (κ1) is 14.0. The molecule has 1 unspecified atom stereocenters. The van der Waals surface area contributed by atoms with Gasteiger partial charge in [-0.3, -0.25) is 0 Å². The summed E-state index contributed by atoms with van der Waals surface area (Å²) in [6.07, 6.45) is 3.44. The average Bonchev–Trinajstić information content (AvgIpc) is 2.26. The third kappa shape index (κ3) is 5.73. The van der Waals surface area contributed by atoms with Crippen molar-refractivity contribution in [2.24, 2.45) is 5.92 Å². The minimum absolute atomic E-state index is 0.363. The Kier molecular flexibility index (Phi) is 6.06. The van der Waals surface area contributed by atoms with E-state index in [0.29, 0.717) is 11.8 Å². The van der Waals surface area contributed by atoms with Crippen molar-refractivity contribution in [3.8, 4) is 5.75 Å². The molecular formula is C15H25NO. The summed E-state index contributed by atoms with van der Waals surface area (Å²) < 4.78 is 0. The summed E-state index contributed by atoms with van der Waals surface area (Å²) in [5, 5.41) is 13.0. The van der Waals surface area contributed by atoms with Crippen LogP contribution < -0.4 is 5.32 Å². The Hall–Kier alpha value is -1.02. The van der Waals surface area contributed by atoms with Crippen molar-refractivity contribution in [2.75, 3.05) is 6.54 Å². The summed E-state index contributed by atoms with van der Waals surface area (Å²) in [5.41, 5.74) is 1.21. The number of aromatic hydroxyl groups is 1. The van der Waals surface area contributed by atoms with Crippen molar-refractivity contribution in [3.05, 3.63) is 29.8 Å². The molecule has 0 saturated carbocycles. The van der Waals surface area contributed by atoms with Crippen LogP contribution in [0.15, 0.2) is 24.3 Å². The van der Waals surface area contributed by atoms with Crippen molar-refractivity contribution >= 4 is 0 Å². The fourth-order valence-electron chi connectivity index (χ4n) is 2.07. The zero-order valence-electron chi connectivity index (χ0n) is 11.2. The van der Waals surface area contributed by atoms with E-state index in [2.05, 4.69) is 32.2 Å². The fraction of sp³-hybridized carbons (Fsp3) is 0.600. The maximum atomic E-state index is 9.45. The van der Waals surface area contributed by atoms with Gasteiger partial charge in [0.1, 0.15) is 5.75 Å². The Labute approximate surface area is 105 Å². The molecule has 0 amide bonds. The van der Waals surface area contributed by atoms with Crippen LogP contribution in [0.1, 0.15) is 39.2 Å². The van der Waals surface area contributed by atoms with Gasteiger partial charge in [0.15, 0.2) is 0 Å². The van der Waals surface area contributed by atoms with Crippen LogP contribution in [0.5, 0.6) is 5.75 Å². The van der Waals surface area contributed by atoms with Crippen LogP contribution in [0.4, 0.5) is 0 Å². The highest BCUT2D eigenvalue weighted by molar-refractivity contribution is 5.27. The van der Waals surface area contributed by atoms with Crippen molar-refractivity contribution in [3.63, 3.8) is 0 Å². The predicted octanol–water partition coefficient (Wildman–Crippen LogP) is 3.35. The van der Waals surface area contributed by atoms with Crippen LogP contribution in [0, 0.1) is 5.92 Å². The second-order valence-corrected chi connectivity index (χ2v) is 5.10. The first-order valence-corrected chi connectivity index (χ1v) is 6.63. The van der Waals surface area contributed by atoms with E-state index in [1.165, 1.54) is 18.4 Å². The van der Waals surface area contributed by atoms with E-state index >= 15 is 0 Å². The van der Waals surface area contributed by atoms with Gasteiger partial charge in [-0.25, -0.2) is 0 Å². The number of phenolic OH excluding ortho intramolecular Hbond substituents is 1. The molecule has 0 radical (unpaired) electrons. The standard InChI is InChI=1S/C15H25NO/c1-4-16-14(9-8-12(2)3)10-13-6-5-7-15(17)11-13/h5-7,11-12,14,16-17H,4,8-10H2,1-3H3. The van der Waals surface area contributed by atoms with Gasteiger partial charge in [0, 0.05) is 6.04 Å². The minimum atomic E-state index is 0.363. The molecule has 0 aliphatic rings. The monoisotopic (exact) mass is 235 g/mol. The van der Waals surface area contributed by atoms with Gasteiger partial charge >= 0.3 is 0 Å². The Morgan fingerprint density at radius 3 is 2.59 bits per heavy atom. The highest BCUT2D eigenvalue weighted by atomic mass is 16.3. The van der Waals surface area contributed by atoms with E-state index in [1.54, 1.807) is 6.07 Å². The molecule has 0 fully saturated rings. The van der Waals surface area contributed by atoms with Crippen LogP contribution >= 0.6 is 0 Å². The number of nitrogens with one attached hydrogen (secondary N) is 1. The van der Waals surface area contributed by atoms with Gasteiger partial charge in [0.05, 0.1) is 0 Å². The smallest absolute Gasteiger partial charge is 0.115 e. The zero-order chi connectivity index (χ0) is 12.7. The molecule has 0 aromatic heterocycles. The summed E-state index contributed by atoms with van der Waals surface area (Å²) >= 11 is 0. The third-order valence-electron chi connectivity index (χ3n) is 2.98. The maximum absolute atomic E-state index is 9.45. The van der Waals surface area contributed by atoms with Crippen LogP contribution in [-0.2, 0) is 6.42 Å². The maximum Gasteiger partial charge on any atom is 0.115 e. The lowest BCUT2D eigenvalue weighted by Crippen LogP contribution is -2.31. The van der Waals surface area contributed by atoms with Crippen molar-refractivity contribution < 1.29 is 5.11 Å². The summed E-state index contributed by atoms with van der Waals surface area (Å²) in [4.78, 5) is 0. The van der Waals surface area contributed by atoms with Gasteiger partial charge in [0.25, 0.3) is 0 Å². The molecule has 0 spiro atoms. The molecule has 2 nitrogen and oxygen atoms in total. The summed E-state index contributed by atoms with van der Waals surface area (Å²) in [5.74, 6) is 1.11. The van der Waals surface area contributed by atoms with E-state index in [0.717, 1.165) is 18.9 Å². The Morgan fingerprint density at radius 1 is 1.24 bits per heavy atom. The predicted molar refractivity (Wildman–Crippen MR) is 73.3 cm³/mol.